The first-order valence-corrected chi connectivity index (χ1v) is 10.3. The van der Waals surface area contributed by atoms with E-state index >= 15 is 0 Å². The Morgan fingerprint density at radius 3 is 2.50 bits per heavy atom. The molecule has 3 aromatic rings. The Hall–Kier alpha value is -2.76. The molecule has 2 aromatic carbocycles. The number of nitrogens with zero attached hydrogens (tertiary/aromatic N) is 2. The molecule has 3 rings (SSSR count). The molecule has 3 nitrogen and oxygen atoms in total. The monoisotopic (exact) mass is 417 g/mol. The lowest BCUT2D eigenvalue weighted by Gasteiger charge is -2.25. The Bertz CT molecular complexity index is 1050. The standard InChI is InChI=1S/C24H28F3N2O/c1-5-17-16-18(24(25,26)27)14-15-20(17)28(3)19(6-2)10-9-13-23-29(4)21-11-7-8-12-22(21)30-23/h7-8,10-12,14-16H,5-6,9,13H2,1-4H3/q+1/b19-10+. The second-order valence-electron chi connectivity index (χ2n) is 7.36. The summed E-state index contributed by atoms with van der Waals surface area (Å²) in [5, 5.41) is 0. The lowest BCUT2D eigenvalue weighted by Crippen LogP contribution is -2.30. The van der Waals surface area contributed by atoms with Gasteiger partial charge in [0.2, 0.25) is 5.58 Å². The summed E-state index contributed by atoms with van der Waals surface area (Å²) >= 11 is 0. The second kappa shape index (κ2) is 8.94. The van der Waals surface area contributed by atoms with E-state index in [1.807, 2.05) is 50.2 Å². The van der Waals surface area contributed by atoms with Crippen molar-refractivity contribution in [3.63, 3.8) is 0 Å². The van der Waals surface area contributed by atoms with Crippen LogP contribution in [0.3, 0.4) is 0 Å². The number of benzene rings is 2. The number of hydrogen-bond donors (Lipinski definition) is 0. The highest BCUT2D eigenvalue weighted by molar-refractivity contribution is 5.68. The fourth-order valence-electron chi connectivity index (χ4n) is 3.78. The van der Waals surface area contributed by atoms with E-state index in [4.69, 9.17) is 4.42 Å². The van der Waals surface area contributed by atoms with Crippen LogP contribution in [0, 0.1) is 0 Å². The van der Waals surface area contributed by atoms with Gasteiger partial charge in [0.25, 0.3) is 5.52 Å². The number of alkyl halides is 3. The third kappa shape index (κ3) is 4.53. The van der Waals surface area contributed by atoms with Gasteiger partial charge in [-0.15, -0.1) is 0 Å². The fourth-order valence-corrected chi connectivity index (χ4v) is 3.78. The van der Waals surface area contributed by atoms with Crippen molar-refractivity contribution in [3.05, 3.63) is 71.3 Å². The van der Waals surface area contributed by atoms with Crippen molar-refractivity contribution in [3.8, 4) is 0 Å². The van der Waals surface area contributed by atoms with Crippen LogP contribution in [-0.2, 0) is 26.1 Å². The molecule has 160 valence electrons. The number of anilines is 1. The van der Waals surface area contributed by atoms with Gasteiger partial charge in [-0.05, 0) is 49.1 Å². The van der Waals surface area contributed by atoms with Gasteiger partial charge < -0.3 is 9.32 Å². The number of hydrogen-bond acceptors (Lipinski definition) is 2. The minimum Gasteiger partial charge on any atom is -0.401 e. The van der Waals surface area contributed by atoms with E-state index in [1.165, 1.54) is 6.07 Å². The van der Waals surface area contributed by atoms with Crippen LogP contribution in [0.5, 0.6) is 0 Å². The molecule has 0 bridgehead atoms. The predicted molar refractivity (Wildman–Crippen MR) is 113 cm³/mol. The van der Waals surface area contributed by atoms with Crippen molar-refractivity contribution in [1.82, 2.24) is 0 Å². The molecule has 6 heteroatoms. The maximum Gasteiger partial charge on any atom is 0.416 e. The van der Waals surface area contributed by atoms with Crippen LogP contribution < -0.4 is 9.47 Å². The molecule has 0 unspecified atom stereocenters. The molecule has 30 heavy (non-hydrogen) atoms. The van der Waals surface area contributed by atoms with Crippen molar-refractivity contribution < 1.29 is 22.2 Å². The molecule has 0 amide bonds. The molecular weight excluding hydrogens is 389 g/mol. The smallest absolute Gasteiger partial charge is 0.401 e. The molecular formula is C24H28F3N2O+. The van der Waals surface area contributed by atoms with E-state index in [9.17, 15) is 13.2 Å². The molecule has 0 saturated carbocycles. The predicted octanol–water partition coefficient (Wildman–Crippen LogP) is 6.20. The van der Waals surface area contributed by atoms with E-state index < -0.39 is 11.7 Å². The number of halogens is 3. The first-order chi connectivity index (χ1) is 14.3. The summed E-state index contributed by atoms with van der Waals surface area (Å²) in [5.74, 6) is 0.898. The van der Waals surface area contributed by atoms with E-state index in [0.29, 0.717) is 12.0 Å². The van der Waals surface area contributed by atoms with E-state index in [-0.39, 0.29) is 0 Å². The number of oxazole rings is 1. The van der Waals surface area contributed by atoms with Gasteiger partial charge in [0.1, 0.15) is 7.05 Å². The Labute approximate surface area is 175 Å². The summed E-state index contributed by atoms with van der Waals surface area (Å²) in [6.45, 7) is 3.93. The summed E-state index contributed by atoms with van der Waals surface area (Å²) in [7, 11) is 3.91. The molecule has 0 saturated heterocycles. The summed E-state index contributed by atoms with van der Waals surface area (Å²) in [6, 6.07) is 11.9. The second-order valence-corrected chi connectivity index (χ2v) is 7.36. The number of rotatable bonds is 7. The van der Waals surface area contributed by atoms with E-state index in [1.54, 1.807) is 6.07 Å². The number of allylic oxidation sites excluding steroid dienone is 2. The van der Waals surface area contributed by atoms with Crippen molar-refractivity contribution in [2.75, 3.05) is 11.9 Å². The molecule has 1 aromatic heterocycles. The minimum atomic E-state index is -4.33. The largest absolute Gasteiger partial charge is 0.416 e. The number of aryl methyl sites for hydroxylation is 3. The molecule has 0 spiro atoms. The van der Waals surface area contributed by atoms with Crippen molar-refractivity contribution in [2.45, 2.75) is 45.7 Å². The molecule has 0 radical (unpaired) electrons. The van der Waals surface area contributed by atoms with Gasteiger partial charge >= 0.3 is 12.1 Å². The number of para-hydroxylation sites is 2. The van der Waals surface area contributed by atoms with Crippen LogP contribution >= 0.6 is 0 Å². The SMILES string of the molecule is CC/C(=C\CCc1oc2ccccc2[n+]1C)N(C)c1ccc(C(F)(F)F)cc1CC. The van der Waals surface area contributed by atoms with E-state index in [0.717, 1.165) is 53.7 Å². The molecule has 0 aliphatic heterocycles. The Morgan fingerprint density at radius 2 is 1.87 bits per heavy atom. The zero-order valence-electron chi connectivity index (χ0n) is 17.9. The van der Waals surface area contributed by atoms with Crippen molar-refractivity contribution in [1.29, 1.82) is 0 Å². The Balaban J connectivity index is 1.79. The third-order valence-corrected chi connectivity index (χ3v) is 5.51. The van der Waals surface area contributed by atoms with Crippen molar-refractivity contribution in [2.24, 2.45) is 7.05 Å². The average molecular weight is 417 g/mol. The Morgan fingerprint density at radius 1 is 1.13 bits per heavy atom. The van der Waals surface area contributed by atoms with Gasteiger partial charge in [-0.1, -0.05) is 32.1 Å². The van der Waals surface area contributed by atoms with Crippen LogP contribution in [0.4, 0.5) is 18.9 Å². The van der Waals surface area contributed by atoms with Gasteiger partial charge in [-0.3, -0.25) is 0 Å². The highest BCUT2D eigenvalue weighted by Gasteiger charge is 2.31. The van der Waals surface area contributed by atoms with Gasteiger partial charge in [0.05, 0.1) is 12.0 Å². The van der Waals surface area contributed by atoms with Crippen LogP contribution in [0.15, 0.2) is 58.7 Å². The molecule has 0 atom stereocenters. The highest BCUT2D eigenvalue weighted by Crippen LogP contribution is 2.34. The topological polar surface area (TPSA) is 20.3 Å². The first-order valence-electron chi connectivity index (χ1n) is 10.3. The van der Waals surface area contributed by atoms with Gasteiger partial charge in [-0.2, -0.15) is 17.7 Å². The first kappa shape index (κ1) is 21.9. The molecule has 1 heterocycles. The lowest BCUT2D eigenvalue weighted by atomic mass is 10.0. The molecule has 0 aliphatic rings. The van der Waals surface area contributed by atoms with Crippen LogP contribution in [0.1, 0.15) is 43.7 Å². The van der Waals surface area contributed by atoms with Crippen LogP contribution in [0.25, 0.3) is 11.1 Å². The normalized spacial score (nSPS) is 12.6. The number of fused-ring (bicyclic) bond motifs is 1. The van der Waals surface area contributed by atoms with Gasteiger partial charge in [0, 0.05) is 24.5 Å². The summed E-state index contributed by atoms with van der Waals surface area (Å²) in [5.41, 5.74) is 3.90. The van der Waals surface area contributed by atoms with Gasteiger partial charge in [0.15, 0.2) is 0 Å². The third-order valence-electron chi connectivity index (χ3n) is 5.51. The zero-order chi connectivity index (χ0) is 21.9. The molecule has 0 fully saturated rings. The van der Waals surface area contributed by atoms with Crippen LogP contribution in [0.2, 0.25) is 0 Å². The lowest BCUT2D eigenvalue weighted by molar-refractivity contribution is -0.658. The fraction of sp³-hybridized carbons (Fsp3) is 0.375. The summed E-state index contributed by atoms with van der Waals surface area (Å²) < 4.78 is 47.2. The van der Waals surface area contributed by atoms with E-state index in [2.05, 4.69) is 17.6 Å². The van der Waals surface area contributed by atoms with Crippen molar-refractivity contribution >= 4 is 16.8 Å². The maximum absolute atomic E-state index is 13.1. The molecule has 0 aliphatic carbocycles. The summed E-state index contributed by atoms with van der Waals surface area (Å²) in [6.07, 6.45) is 0.665. The maximum atomic E-state index is 13.1. The zero-order valence-corrected chi connectivity index (χ0v) is 17.9. The number of aromatic nitrogens is 1. The highest BCUT2D eigenvalue weighted by atomic mass is 19.4. The summed E-state index contributed by atoms with van der Waals surface area (Å²) in [4.78, 5) is 2.00. The molecule has 0 N–H and O–H groups in total. The van der Waals surface area contributed by atoms with Gasteiger partial charge in [-0.25, -0.2) is 0 Å². The quantitative estimate of drug-likeness (QED) is 0.427. The van der Waals surface area contributed by atoms with Crippen LogP contribution in [-0.4, -0.2) is 7.05 Å². The Kier molecular flexibility index (Phi) is 6.54. The minimum absolute atomic E-state index is 0.537. The average Bonchev–Trinajstić information content (AvgIpc) is 3.05.